The van der Waals surface area contributed by atoms with Crippen LogP contribution in [0.3, 0.4) is 0 Å². The summed E-state index contributed by atoms with van der Waals surface area (Å²) in [6.07, 6.45) is 0. The van der Waals surface area contributed by atoms with Gasteiger partial charge in [-0.3, -0.25) is 0 Å². The molecule has 0 radical (unpaired) electrons. The Kier molecular flexibility index (Phi) is 13.2. The molecule has 4 aromatic heterocycles. The van der Waals surface area contributed by atoms with Crippen molar-refractivity contribution in [3.8, 4) is 67.3 Å². The van der Waals surface area contributed by atoms with Crippen molar-refractivity contribution in [2.75, 3.05) is 0 Å². The van der Waals surface area contributed by atoms with Gasteiger partial charge in [-0.25, -0.2) is 0 Å². The first-order valence-electron chi connectivity index (χ1n) is 38.5. The van der Waals surface area contributed by atoms with Gasteiger partial charge in [-0.15, -0.1) is 0 Å². The highest BCUT2D eigenvalue weighted by Gasteiger charge is 2.40. The fourth-order valence-corrected chi connectivity index (χ4v) is 19.9. The summed E-state index contributed by atoms with van der Waals surface area (Å²) in [7, 11) is 0. The highest BCUT2D eigenvalue weighted by Crippen LogP contribution is 2.56. The molecule has 0 aliphatic heterocycles. The topological polar surface area (TPSA) is 19.7 Å². The number of para-hydroxylation sites is 2. The Morgan fingerprint density at radius 3 is 1.10 bits per heavy atom. The Hall–Kier alpha value is -13.8. The van der Waals surface area contributed by atoms with Gasteiger partial charge >= 0.3 is 0 Å². The largest absolute Gasteiger partial charge is 0.309 e. The summed E-state index contributed by atoms with van der Waals surface area (Å²) in [6.45, 7) is 9.56. The molecule has 18 aromatic carbocycles. The van der Waals surface area contributed by atoms with Gasteiger partial charge in [0.2, 0.25) is 0 Å². The molecule has 4 heteroatoms. The minimum absolute atomic E-state index is 0.0874. The summed E-state index contributed by atoms with van der Waals surface area (Å²) < 4.78 is 9.86. The molecule has 0 saturated heterocycles. The molecule has 0 fully saturated rings. The standard InChI is InChI=1S/2C53H36N2/c1-53(2)44-19-9-7-18-41(44)51-45(53)26-29-50-52(51)43-32-37(24-28-49(43)55(50)46-21-11-15-34-13-5-6-16-39(34)46)36-23-27-48-42(31-36)40-17-8-10-20-47(40)54(48)38-25-22-33-12-3-4-14-35(33)30-38;1-53(2)45-19-9-7-17-40(45)42-26-29-50-51(52(42)53)44-32-37(24-28-49(44)55(50)46-21-11-15-34-13-5-6-16-39(34)46)36-23-27-48-43(31-36)41-18-8-10-20-47(41)54(48)38-25-22-33-12-3-4-14-35(33)30-38/h2*3-32H,1-2H3. The van der Waals surface area contributed by atoms with Crippen LogP contribution >= 0.6 is 0 Å². The summed E-state index contributed by atoms with van der Waals surface area (Å²) in [5.41, 5.74) is 30.2. The van der Waals surface area contributed by atoms with Crippen molar-refractivity contribution in [2.24, 2.45) is 0 Å². The van der Waals surface area contributed by atoms with Crippen LogP contribution < -0.4 is 0 Å². The zero-order valence-electron chi connectivity index (χ0n) is 61.4. The zero-order chi connectivity index (χ0) is 72.8. The molecular formula is C106H72N4. The number of hydrogen-bond donors (Lipinski definition) is 0. The molecule has 2 aliphatic rings. The first kappa shape index (κ1) is 62.4. The molecule has 24 rings (SSSR count). The van der Waals surface area contributed by atoms with Gasteiger partial charge in [0, 0.05) is 76.1 Å². The molecule has 0 amide bonds. The zero-order valence-corrected chi connectivity index (χ0v) is 61.4. The summed E-state index contributed by atoms with van der Waals surface area (Å²) in [5, 5.41) is 20.3. The lowest BCUT2D eigenvalue weighted by Crippen LogP contribution is -2.15. The normalized spacial score (nSPS) is 13.4. The summed E-state index contributed by atoms with van der Waals surface area (Å²) >= 11 is 0. The Bertz CT molecular complexity index is 7720. The second-order valence-electron chi connectivity index (χ2n) is 31.5. The van der Waals surface area contributed by atoms with Crippen LogP contribution in [-0.4, -0.2) is 18.3 Å². The minimum Gasteiger partial charge on any atom is -0.309 e. The fourth-order valence-electron chi connectivity index (χ4n) is 19.9. The van der Waals surface area contributed by atoms with E-state index in [9.17, 15) is 0 Å². The van der Waals surface area contributed by atoms with Crippen molar-refractivity contribution in [1.82, 2.24) is 18.3 Å². The van der Waals surface area contributed by atoms with Crippen LogP contribution in [0, 0.1) is 0 Å². The third-order valence-electron chi connectivity index (χ3n) is 24.9. The van der Waals surface area contributed by atoms with E-state index in [1.807, 2.05) is 0 Å². The Morgan fingerprint density at radius 2 is 0.573 bits per heavy atom. The Balaban J connectivity index is 0.000000132. The lowest BCUT2D eigenvalue weighted by atomic mass is 9.80. The number of fused-ring (bicyclic) bond motifs is 24. The van der Waals surface area contributed by atoms with Gasteiger partial charge in [0.05, 0.1) is 55.5 Å². The molecule has 4 heterocycles. The van der Waals surface area contributed by atoms with Crippen molar-refractivity contribution < 1.29 is 0 Å². The Morgan fingerprint density at radius 1 is 0.200 bits per heavy atom. The maximum Gasteiger partial charge on any atom is 0.0547 e. The molecule has 0 unspecified atom stereocenters. The van der Waals surface area contributed by atoms with Crippen molar-refractivity contribution in [2.45, 2.75) is 38.5 Å². The first-order valence-corrected chi connectivity index (χ1v) is 38.5. The van der Waals surface area contributed by atoms with Crippen LogP contribution in [0.4, 0.5) is 0 Å². The van der Waals surface area contributed by atoms with E-state index in [1.165, 1.54) is 220 Å². The Labute approximate surface area is 636 Å². The second kappa shape index (κ2) is 23.4. The SMILES string of the molecule is CC1(C)c2ccccc2-c2c1ccc1c2c2cc(-c3ccc4c(c3)c3ccccc3n4-c3ccc4ccccc4c3)ccc2n1-c1cccc2ccccc12.CC1(C)c2ccccc2-c2ccc3c(c21)c1cc(-c2ccc4c(c2)c2ccccc2n4-c2ccc4ccccc4c2)ccc1n3-c1cccc2ccccc12. The predicted molar refractivity (Wildman–Crippen MR) is 466 cm³/mol. The molecular weight excluding hydrogens is 1330 g/mol. The number of aromatic nitrogens is 4. The van der Waals surface area contributed by atoms with E-state index in [1.54, 1.807) is 0 Å². The smallest absolute Gasteiger partial charge is 0.0547 e. The van der Waals surface area contributed by atoms with Crippen LogP contribution in [0.15, 0.2) is 364 Å². The van der Waals surface area contributed by atoms with E-state index in [4.69, 9.17) is 0 Å². The third-order valence-corrected chi connectivity index (χ3v) is 24.9. The van der Waals surface area contributed by atoms with Crippen LogP contribution in [-0.2, 0) is 10.8 Å². The van der Waals surface area contributed by atoms with Crippen LogP contribution in [0.2, 0.25) is 0 Å². The number of rotatable bonds is 6. The van der Waals surface area contributed by atoms with Crippen LogP contribution in [0.25, 0.3) is 198 Å². The summed E-state index contributed by atoms with van der Waals surface area (Å²) in [4.78, 5) is 0. The quantitative estimate of drug-likeness (QED) is 0.158. The van der Waals surface area contributed by atoms with Gasteiger partial charge in [-0.1, -0.05) is 282 Å². The van der Waals surface area contributed by atoms with Gasteiger partial charge < -0.3 is 18.3 Å². The molecule has 110 heavy (non-hydrogen) atoms. The summed E-state index contributed by atoms with van der Waals surface area (Å²) in [5.74, 6) is 0. The van der Waals surface area contributed by atoms with Gasteiger partial charge in [-0.2, -0.15) is 0 Å². The van der Waals surface area contributed by atoms with Crippen molar-refractivity contribution in [3.63, 3.8) is 0 Å². The van der Waals surface area contributed by atoms with Gasteiger partial charge in [-0.05, 0) is 208 Å². The molecule has 4 nitrogen and oxygen atoms in total. The van der Waals surface area contributed by atoms with E-state index >= 15 is 0 Å². The van der Waals surface area contributed by atoms with Crippen LogP contribution in [0.1, 0.15) is 49.9 Å². The van der Waals surface area contributed by atoms with Crippen molar-refractivity contribution in [1.29, 1.82) is 0 Å². The lowest BCUT2D eigenvalue weighted by molar-refractivity contribution is 0.661. The van der Waals surface area contributed by atoms with E-state index in [2.05, 4.69) is 410 Å². The fraction of sp³-hybridized carbons (Fsp3) is 0.0566. The van der Waals surface area contributed by atoms with E-state index in [0.29, 0.717) is 0 Å². The predicted octanol–water partition coefficient (Wildman–Crippen LogP) is 28.3. The highest BCUT2D eigenvalue weighted by molar-refractivity contribution is 6.21. The molecule has 516 valence electrons. The molecule has 0 N–H and O–H groups in total. The molecule has 22 aromatic rings. The van der Waals surface area contributed by atoms with Gasteiger partial charge in [0.1, 0.15) is 0 Å². The van der Waals surface area contributed by atoms with Crippen molar-refractivity contribution >= 4 is 130 Å². The lowest BCUT2D eigenvalue weighted by Gasteiger charge is -2.22. The minimum atomic E-state index is -0.150. The summed E-state index contributed by atoms with van der Waals surface area (Å²) in [6, 6.07) is 135. The average Bonchev–Trinajstić information content (AvgIpc) is 1.54. The van der Waals surface area contributed by atoms with Gasteiger partial charge in [0.25, 0.3) is 0 Å². The third kappa shape index (κ3) is 8.96. The monoisotopic (exact) mass is 1400 g/mol. The molecule has 0 spiro atoms. The second-order valence-corrected chi connectivity index (χ2v) is 31.5. The van der Waals surface area contributed by atoms with Crippen LogP contribution in [0.5, 0.6) is 0 Å². The van der Waals surface area contributed by atoms with E-state index in [-0.39, 0.29) is 10.8 Å². The molecule has 0 atom stereocenters. The molecule has 0 bridgehead atoms. The van der Waals surface area contributed by atoms with E-state index in [0.717, 1.165) is 0 Å². The number of hydrogen-bond acceptors (Lipinski definition) is 0. The average molecular weight is 1400 g/mol. The highest BCUT2D eigenvalue weighted by atomic mass is 15.0. The molecule has 0 saturated carbocycles. The van der Waals surface area contributed by atoms with Crippen molar-refractivity contribution in [3.05, 3.63) is 386 Å². The number of nitrogens with zero attached hydrogens (tertiary/aromatic N) is 4. The first-order chi connectivity index (χ1) is 54.1. The maximum absolute atomic E-state index is 2.51. The van der Waals surface area contributed by atoms with E-state index < -0.39 is 0 Å². The number of benzene rings is 18. The van der Waals surface area contributed by atoms with Gasteiger partial charge in [0.15, 0.2) is 0 Å². The molecule has 2 aliphatic carbocycles. The maximum atomic E-state index is 2.51.